The number of ketones is 1. The summed E-state index contributed by atoms with van der Waals surface area (Å²) in [5.74, 6) is 0.702. The molecular weight excluding hydrogens is 470 g/mol. The highest BCUT2D eigenvalue weighted by Crippen LogP contribution is 2.35. The van der Waals surface area contributed by atoms with Crippen LogP contribution in [0.5, 0.6) is 0 Å². The molecule has 0 aliphatic carbocycles. The van der Waals surface area contributed by atoms with Crippen LogP contribution >= 0.6 is 11.3 Å². The maximum atomic E-state index is 11.8. The molecule has 0 saturated carbocycles. The van der Waals surface area contributed by atoms with Crippen molar-refractivity contribution in [3.63, 3.8) is 0 Å². The average molecular weight is 494 g/mol. The van der Waals surface area contributed by atoms with E-state index in [1.165, 1.54) is 11.3 Å². The van der Waals surface area contributed by atoms with Gasteiger partial charge in [0.05, 0.1) is 27.8 Å². The number of carbonyl (C=O) groups excluding carboxylic acids is 1. The topological polar surface area (TPSA) is 112 Å². The monoisotopic (exact) mass is 493 g/mol. The highest BCUT2D eigenvalue weighted by atomic mass is 32.1. The minimum atomic E-state index is 0.0496. The fourth-order valence-electron chi connectivity index (χ4n) is 4.28. The molecule has 0 radical (unpaired) electrons. The molecule has 0 aliphatic heterocycles. The van der Waals surface area contributed by atoms with E-state index in [2.05, 4.69) is 62.5 Å². The van der Waals surface area contributed by atoms with Crippen LogP contribution in [-0.2, 0) is 0 Å². The SMILES string of the molecule is CC(=O)c1ccc(-c2cncc3[nH]c(-c4n[nH]c5ccc(-c6cncc(NC(C)C)c6)cc45)nc23)s1. The number of benzene rings is 1. The Balaban J connectivity index is 1.43. The number of aromatic nitrogens is 6. The number of aromatic amines is 2. The molecule has 9 heteroatoms. The van der Waals surface area contributed by atoms with E-state index >= 15 is 0 Å². The molecule has 3 N–H and O–H groups in total. The van der Waals surface area contributed by atoms with Gasteiger partial charge in [0.2, 0.25) is 0 Å². The summed E-state index contributed by atoms with van der Waals surface area (Å²) < 4.78 is 0. The molecule has 0 atom stereocenters. The number of thiophene rings is 1. The van der Waals surface area contributed by atoms with Crippen molar-refractivity contribution in [3.8, 4) is 33.1 Å². The first-order valence-electron chi connectivity index (χ1n) is 11.6. The standard InChI is InChI=1S/C27H23N7OS/c1-14(2)30-18-8-17(10-28-11-18)16-4-5-21-19(9-16)26(34-33-21)27-31-22-13-29-12-20(25(22)32-27)24-7-6-23(36-24)15(3)35/h4-14,30H,1-3H3,(H,31,32)(H,33,34). The number of nitrogens with zero attached hydrogens (tertiary/aromatic N) is 4. The maximum absolute atomic E-state index is 11.8. The molecule has 0 amide bonds. The van der Waals surface area contributed by atoms with Gasteiger partial charge in [0.25, 0.3) is 0 Å². The number of rotatable bonds is 6. The Morgan fingerprint density at radius 3 is 2.64 bits per heavy atom. The van der Waals surface area contributed by atoms with E-state index in [9.17, 15) is 4.79 Å². The van der Waals surface area contributed by atoms with Crippen LogP contribution in [0.4, 0.5) is 5.69 Å². The summed E-state index contributed by atoms with van der Waals surface area (Å²) in [6.45, 7) is 5.78. The van der Waals surface area contributed by atoms with Crippen molar-refractivity contribution in [2.24, 2.45) is 0 Å². The van der Waals surface area contributed by atoms with Crippen molar-refractivity contribution < 1.29 is 4.79 Å². The van der Waals surface area contributed by atoms with Crippen molar-refractivity contribution in [2.75, 3.05) is 5.32 Å². The van der Waals surface area contributed by atoms with E-state index in [1.54, 1.807) is 19.3 Å². The van der Waals surface area contributed by atoms with Crippen LogP contribution in [-0.4, -0.2) is 42.0 Å². The van der Waals surface area contributed by atoms with Gasteiger partial charge in [-0.2, -0.15) is 5.10 Å². The Kier molecular flexibility index (Phi) is 5.34. The zero-order chi connectivity index (χ0) is 24.8. The lowest BCUT2D eigenvalue weighted by atomic mass is 10.0. The van der Waals surface area contributed by atoms with Crippen LogP contribution in [0.1, 0.15) is 30.4 Å². The molecule has 6 rings (SSSR count). The number of anilines is 1. The van der Waals surface area contributed by atoms with Crippen LogP contribution in [0, 0.1) is 0 Å². The van der Waals surface area contributed by atoms with Crippen molar-refractivity contribution in [3.05, 3.63) is 66.1 Å². The lowest BCUT2D eigenvalue weighted by molar-refractivity contribution is 0.102. The predicted molar refractivity (Wildman–Crippen MR) is 144 cm³/mol. The van der Waals surface area contributed by atoms with Gasteiger partial charge < -0.3 is 10.3 Å². The number of hydrogen-bond donors (Lipinski definition) is 3. The molecule has 5 aromatic heterocycles. The first-order valence-corrected chi connectivity index (χ1v) is 12.4. The summed E-state index contributed by atoms with van der Waals surface area (Å²) in [7, 11) is 0. The van der Waals surface area contributed by atoms with Crippen molar-refractivity contribution in [2.45, 2.75) is 26.8 Å². The minimum Gasteiger partial charge on any atom is -0.382 e. The molecule has 5 heterocycles. The van der Waals surface area contributed by atoms with Crippen molar-refractivity contribution in [1.82, 2.24) is 30.1 Å². The summed E-state index contributed by atoms with van der Waals surface area (Å²) in [5, 5.41) is 12.1. The Morgan fingerprint density at radius 2 is 1.83 bits per heavy atom. The van der Waals surface area contributed by atoms with Crippen LogP contribution in [0.25, 0.3) is 55.0 Å². The van der Waals surface area contributed by atoms with Crippen LogP contribution in [0.15, 0.2) is 61.2 Å². The third-order valence-electron chi connectivity index (χ3n) is 5.93. The molecule has 8 nitrogen and oxygen atoms in total. The van der Waals surface area contributed by atoms with Crippen molar-refractivity contribution >= 4 is 44.7 Å². The molecule has 0 fully saturated rings. The Bertz CT molecular complexity index is 1740. The van der Waals surface area contributed by atoms with Crippen LogP contribution < -0.4 is 5.32 Å². The first kappa shape index (κ1) is 22.1. The third kappa shape index (κ3) is 3.93. The summed E-state index contributed by atoms with van der Waals surface area (Å²) in [6.07, 6.45) is 7.24. The van der Waals surface area contributed by atoms with Gasteiger partial charge in [-0.1, -0.05) is 6.07 Å². The molecule has 0 spiro atoms. The summed E-state index contributed by atoms with van der Waals surface area (Å²) >= 11 is 1.45. The number of Topliss-reactive ketones (excluding diaryl/α,β-unsaturated/α-hetero) is 1. The summed E-state index contributed by atoms with van der Waals surface area (Å²) in [5.41, 5.74) is 7.17. The van der Waals surface area contributed by atoms with Gasteiger partial charge in [-0.15, -0.1) is 11.3 Å². The smallest absolute Gasteiger partial charge is 0.169 e. The number of nitrogens with one attached hydrogen (secondary N) is 3. The zero-order valence-corrected chi connectivity index (χ0v) is 20.8. The number of H-pyrrole nitrogens is 2. The largest absolute Gasteiger partial charge is 0.382 e. The molecule has 0 bridgehead atoms. The fourth-order valence-corrected chi connectivity index (χ4v) is 5.19. The van der Waals surface area contributed by atoms with E-state index in [-0.39, 0.29) is 5.78 Å². The van der Waals surface area contributed by atoms with E-state index in [0.717, 1.165) is 54.9 Å². The third-order valence-corrected chi connectivity index (χ3v) is 7.15. The normalized spacial score (nSPS) is 11.6. The zero-order valence-electron chi connectivity index (χ0n) is 20.0. The summed E-state index contributed by atoms with van der Waals surface area (Å²) in [6, 6.07) is 12.4. The Morgan fingerprint density at radius 1 is 0.972 bits per heavy atom. The van der Waals surface area contributed by atoms with E-state index in [1.807, 2.05) is 30.6 Å². The summed E-state index contributed by atoms with van der Waals surface area (Å²) in [4.78, 5) is 30.5. The van der Waals surface area contributed by atoms with Gasteiger partial charge in [-0.25, -0.2) is 4.98 Å². The fraction of sp³-hybridized carbons (Fsp3) is 0.148. The highest BCUT2D eigenvalue weighted by Gasteiger charge is 2.17. The molecule has 0 saturated heterocycles. The number of carbonyl (C=O) groups is 1. The van der Waals surface area contributed by atoms with E-state index in [0.29, 0.717) is 16.7 Å². The van der Waals surface area contributed by atoms with Crippen molar-refractivity contribution in [1.29, 1.82) is 0 Å². The van der Waals surface area contributed by atoms with Gasteiger partial charge in [0.15, 0.2) is 11.6 Å². The molecule has 0 unspecified atom stereocenters. The second-order valence-electron chi connectivity index (χ2n) is 8.98. The molecule has 1 aromatic carbocycles. The lowest BCUT2D eigenvalue weighted by Gasteiger charge is -2.11. The van der Waals surface area contributed by atoms with Gasteiger partial charge >= 0.3 is 0 Å². The predicted octanol–water partition coefficient (Wildman–Crippen LogP) is 6.31. The number of imidazole rings is 1. The number of pyridine rings is 2. The van der Waals surface area contributed by atoms with Gasteiger partial charge in [-0.05, 0) is 56.7 Å². The highest BCUT2D eigenvalue weighted by molar-refractivity contribution is 7.17. The molecule has 36 heavy (non-hydrogen) atoms. The first-order chi connectivity index (χ1) is 17.5. The molecule has 178 valence electrons. The quantitative estimate of drug-likeness (QED) is 0.234. The van der Waals surface area contributed by atoms with Gasteiger partial charge in [0, 0.05) is 46.0 Å². The molecule has 0 aliphatic rings. The van der Waals surface area contributed by atoms with Gasteiger partial charge in [0.1, 0.15) is 11.2 Å². The average Bonchev–Trinajstić information content (AvgIpc) is 3.60. The van der Waals surface area contributed by atoms with Crippen LogP contribution in [0.2, 0.25) is 0 Å². The Labute approximate surface area is 210 Å². The lowest BCUT2D eigenvalue weighted by Crippen LogP contribution is -2.09. The second-order valence-corrected chi connectivity index (χ2v) is 10.1. The minimum absolute atomic E-state index is 0.0496. The van der Waals surface area contributed by atoms with E-state index in [4.69, 9.17) is 4.98 Å². The molecule has 6 aromatic rings. The number of fused-ring (bicyclic) bond motifs is 2. The van der Waals surface area contributed by atoms with Crippen LogP contribution in [0.3, 0.4) is 0 Å². The second kappa shape index (κ2) is 8.69. The Hall–Kier alpha value is -4.37. The van der Waals surface area contributed by atoms with E-state index < -0.39 is 0 Å². The maximum Gasteiger partial charge on any atom is 0.169 e. The van der Waals surface area contributed by atoms with Gasteiger partial charge in [-0.3, -0.25) is 19.9 Å². The number of hydrogen-bond acceptors (Lipinski definition) is 7. The molecular formula is C27H23N7OS.